The van der Waals surface area contributed by atoms with Crippen LogP contribution in [-0.4, -0.2) is 27.5 Å². The molecule has 0 aliphatic carbocycles. The van der Waals surface area contributed by atoms with Crippen LogP contribution in [0.15, 0.2) is 41.3 Å². The molecule has 0 saturated heterocycles. The Morgan fingerprint density at radius 2 is 1.90 bits per heavy atom. The van der Waals surface area contributed by atoms with Gasteiger partial charge in [0.1, 0.15) is 28.9 Å². The van der Waals surface area contributed by atoms with Crippen LogP contribution in [0.25, 0.3) is 0 Å². The van der Waals surface area contributed by atoms with Gasteiger partial charge in [-0.25, -0.2) is 17.2 Å². The van der Waals surface area contributed by atoms with Crippen molar-refractivity contribution < 1.29 is 26.7 Å². The summed E-state index contributed by atoms with van der Waals surface area (Å²) in [4.78, 5) is 13.8. The molecule has 156 valence electrons. The van der Waals surface area contributed by atoms with Gasteiger partial charge in [0, 0.05) is 18.7 Å². The summed E-state index contributed by atoms with van der Waals surface area (Å²) in [6, 6.07) is 6.74. The Hall–Kier alpha value is -2.68. The predicted molar refractivity (Wildman–Crippen MR) is 106 cm³/mol. The van der Waals surface area contributed by atoms with E-state index in [-0.39, 0.29) is 18.2 Å². The first-order chi connectivity index (χ1) is 13.5. The molecule has 0 radical (unpaired) electrons. The third kappa shape index (κ3) is 4.19. The van der Waals surface area contributed by atoms with Gasteiger partial charge in [0.25, 0.3) is 10.0 Å². The van der Waals surface area contributed by atoms with Crippen LogP contribution in [0.4, 0.5) is 20.2 Å². The summed E-state index contributed by atoms with van der Waals surface area (Å²) in [5, 5.41) is 0. The smallest absolute Gasteiger partial charge is 0.264 e. The molecule has 0 atom stereocenters. The van der Waals surface area contributed by atoms with Crippen LogP contribution in [0.3, 0.4) is 0 Å². The molecule has 2 aromatic rings. The zero-order chi connectivity index (χ0) is 21.4. The summed E-state index contributed by atoms with van der Waals surface area (Å²) in [6.07, 6.45) is 0.736. The number of hydrogen-bond donors (Lipinski definition) is 1. The SMILES string of the molecule is CCCN1C(=O)C(C)(C)COc2cc(NS(=O)(=O)c3ccc(F)cc3F)ccc21. The van der Waals surface area contributed by atoms with Gasteiger partial charge < -0.3 is 9.64 Å². The summed E-state index contributed by atoms with van der Waals surface area (Å²) in [5.41, 5.74) is -0.0696. The van der Waals surface area contributed by atoms with Gasteiger partial charge in [0.2, 0.25) is 5.91 Å². The molecule has 1 aliphatic heterocycles. The number of halogens is 2. The minimum Gasteiger partial charge on any atom is -0.490 e. The average Bonchev–Trinajstić information content (AvgIpc) is 2.71. The van der Waals surface area contributed by atoms with Crippen molar-refractivity contribution in [1.82, 2.24) is 0 Å². The second-order valence-electron chi connectivity index (χ2n) is 7.49. The molecule has 3 rings (SSSR count). The van der Waals surface area contributed by atoms with Crippen molar-refractivity contribution in [3.8, 4) is 5.75 Å². The van der Waals surface area contributed by atoms with Crippen molar-refractivity contribution in [3.05, 3.63) is 48.0 Å². The zero-order valence-corrected chi connectivity index (χ0v) is 17.1. The maximum atomic E-state index is 13.9. The van der Waals surface area contributed by atoms with E-state index in [9.17, 15) is 22.0 Å². The van der Waals surface area contributed by atoms with E-state index in [1.165, 1.54) is 12.1 Å². The highest BCUT2D eigenvalue weighted by atomic mass is 32.2. The standard InChI is InChI=1S/C20H22F2N2O4S/c1-4-9-24-16-7-6-14(11-17(16)28-12-20(2,3)19(24)25)23-29(26,27)18-8-5-13(21)10-15(18)22/h5-8,10-11,23H,4,9,12H2,1-3H3. The summed E-state index contributed by atoms with van der Waals surface area (Å²) >= 11 is 0. The Morgan fingerprint density at radius 3 is 2.55 bits per heavy atom. The number of nitrogens with zero attached hydrogens (tertiary/aromatic N) is 1. The lowest BCUT2D eigenvalue weighted by molar-refractivity contribution is -0.127. The first kappa shape index (κ1) is 21.0. The lowest BCUT2D eigenvalue weighted by Crippen LogP contribution is -2.42. The van der Waals surface area contributed by atoms with Crippen molar-refractivity contribution in [3.63, 3.8) is 0 Å². The normalized spacial score (nSPS) is 16.0. The summed E-state index contributed by atoms with van der Waals surface area (Å²) in [5.74, 6) is -1.80. The van der Waals surface area contributed by atoms with Crippen molar-refractivity contribution in [1.29, 1.82) is 0 Å². The van der Waals surface area contributed by atoms with Crippen LogP contribution in [0.5, 0.6) is 5.75 Å². The number of rotatable bonds is 5. The Morgan fingerprint density at radius 1 is 1.17 bits per heavy atom. The molecule has 0 unspecified atom stereocenters. The molecule has 6 nitrogen and oxygen atoms in total. The Kier molecular flexibility index (Phi) is 5.53. The van der Waals surface area contributed by atoms with Gasteiger partial charge >= 0.3 is 0 Å². The number of carbonyl (C=O) groups excluding carboxylic acids is 1. The predicted octanol–water partition coefficient (Wildman–Crippen LogP) is 3.93. The minimum absolute atomic E-state index is 0.0835. The van der Waals surface area contributed by atoms with E-state index in [1.54, 1.807) is 24.8 Å². The number of carbonyl (C=O) groups is 1. The Labute approximate surface area is 168 Å². The molecule has 29 heavy (non-hydrogen) atoms. The molecule has 0 spiro atoms. The quantitative estimate of drug-likeness (QED) is 0.789. The number of fused-ring (bicyclic) bond motifs is 1. The van der Waals surface area contributed by atoms with E-state index in [4.69, 9.17) is 4.74 Å². The van der Waals surface area contributed by atoms with Crippen LogP contribution in [0.2, 0.25) is 0 Å². The van der Waals surface area contributed by atoms with E-state index < -0.39 is 32.0 Å². The molecule has 1 N–H and O–H groups in total. The largest absolute Gasteiger partial charge is 0.490 e. The number of hydrogen-bond acceptors (Lipinski definition) is 4. The molecule has 9 heteroatoms. The van der Waals surface area contributed by atoms with Crippen LogP contribution in [-0.2, 0) is 14.8 Å². The van der Waals surface area contributed by atoms with E-state index in [0.29, 0.717) is 24.0 Å². The first-order valence-electron chi connectivity index (χ1n) is 9.12. The maximum Gasteiger partial charge on any atom is 0.264 e. The average molecular weight is 424 g/mol. The first-order valence-corrected chi connectivity index (χ1v) is 10.6. The monoisotopic (exact) mass is 424 g/mol. The van der Waals surface area contributed by atoms with Gasteiger partial charge in [-0.3, -0.25) is 9.52 Å². The van der Waals surface area contributed by atoms with Crippen molar-refractivity contribution in [2.45, 2.75) is 32.1 Å². The lowest BCUT2D eigenvalue weighted by Gasteiger charge is -2.27. The molecular formula is C20H22F2N2O4S. The van der Waals surface area contributed by atoms with Gasteiger partial charge in [-0.1, -0.05) is 6.92 Å². The summed E-state index contributed by atoms with van der Waals surface area (Å²) in [7, 11) is -4.28. The van der Waals surface area contributed by atoms with Crippen LogP contribution in [0, 0.1) is 17.0 Å². The number of nitrogens with one attached hydrogen (secondary N) is 1. The molecule has 2 aromatic carbocycles. The van der Waals surface area contributed by atoms with Gasteiger partial charge in [-0.15, -0.1) is 0 Å². The van der Waals surface area contributed by atoms with Crippen molar-refractivity contribution in [2.24, 2.45) is 5.41 Å². The number of anilines is 2. The van der Waals surface area contributed by atoms with Gasteiger partial charge in [0.15, 0.2) is 0 Å². The van der Waals surface area contributed by atoms with Crippen LogP contribution in [0.1, 0.15) is 27.2 Å². The van der Waals surface area contributed by atoms with Gasteiger partial charge in [0.05, 0.1) is 16.8 Å². The highest BCUT2D eigenvalue weighted by Crippen LogP contribution is 2.38. The molecule has 0 aromatic heterocycles. The highest BCUT2D eigenvalue weighted by molar-refractivity contribution is 7.92. The second-order valence-corrected chi connectivity index (χ2v) is 9.14. The van der Waals surface area contributed by atoms with E-state index >= 15 is 0 Å². The molecule has 1 aliphatic rings. The maximum absolute atomic E-state index is 13.9. The summed E-state index contributed by atoms with van der Waals surface area (Å²) in [6.45, 7) is 6.13. The molecular weight excluding hydrogens is 402 g/mol. The number of ether oxygens (including phenoxy) is 1. The van der Waals surface area contributed by atoms with E-state index in [0.717, 1.165) is 18.6 Å². The van der Waals surface area contributed by atoms with E-state index in [2.05, 4.69) is 4.72 Å². The van der Waals surface area contributed by atoms with Gasteiger partial charge in [-0.05, 0) is 44.5 Å². The Balaban J connectivity index is 1.96. The van der Waals surface area contributed by atoms with Gasteiger partial charge in [-0.2, -0.15) is 0 Å². The lowest BCUT2D eigenvalue weighted by atomic mass is 9.93. The van der Waals surface area contributed by atoms with Crippen LogP contribution < -0.4 is 14.4 Å². The fourth-order valence-electron chi connectivity index (χ4n) is 3.06. The minimum atomic E-state index is -4.28. The van der Waals surface area contributed by atoms with Crippen LogP contribution >= 0.6 is 0 Å². The van der Waals surface area contributed by atoms with Crippen molar-refractivity contribution >= 4 is 27.3 Å². The number of amides is 1. The van der Waals surface area contributed by atoms with E-state index in [1.807, 2.05) is 6.92 Å². The zero-order valence-electron chi connectivity index (χ0n) is 16.3. The third-order valence-corrected chi connectivity index (χ3v) is 5.96. The highest BCUT2D eigenvalue weighted by Gasteiger charge is 2.37. The fraction of sp³-hybridized carbons (Fsp3) is 0.350. The third-order valence-electron chi connectivity index (χ3n) is 4.55. The number of benzene rings is 2. The molecule has 1 amide bonds. The fourth-order valence-corrected chi connectivity index (χ4v) is 4.17. The summed E-state index contributed by atoms with van der Waals surface area (Å²) < 4.78 is 60.1. The van der Waals surface area contributed by atoms with Crippen molar-refractivity contribution in [2.75, 3.05) is 22.8 Å². The molecule has 1 heterocycles. The molecule has 0 fully saturated rings. The topological polar surface area (TPSA) is 75.7 Å². The second kappa shape index (κ2) is 7.62. The Bertz CT molecular complexity index is 1050. The molecule has 0 bridgehead atoms. The molecule has 0 saturated carbocycles. The number of sulfonamides is 1.